The third-order valence-electron chi connectivity index (χ3n) is 2.30. The molecule has 4 nitrogen and oxygen atoms in total. The Bertz CT molecular complexity index is 486. The predicted octanol–water partition coefficient (Wildman–Crippen LogP) is 1.78. The van der Waals surface area contributed by atoms with Crippen molar-refractivity contribution in [1.82, 2.24) is 0 Å². The zero-order valence-corrected chi connectivity index (χ0v) is 9.82. The smallest absolute Gasteiger partial charge is 0.310 e. The molecule has 1 aromatic carbocycles. The molecule has 0 N–H and O–H groups in total. The second-order valence-electron chi connectivity index (χ2n) is 3.59. The molecule has 0 radical (unpaired) electrons. The van der Waals surface area contributed by atoms with Gasteiger partial charge in [0.25, 0.3) is 0 Å². The van der Waals surface area contributed by atoms with Gasteiger partial charge in [-0.3, -0.25) is 9.59 Å². The lowest BCUT2D eigenvalue weighted by atomic mass is 9.97. The lowest BCUT2D eigenvalue weighted by molar-refractivity contribution is -0.142. The second kappa shape index (κ2) is 5.80. The highest BCUT2D eigenvalue weighted by molar-refractivity contribution is 5.83. The van der Waals surface area contributed by atoms with Crippen molar-refractivity contribution >= 4 is 12.3 Å². The van der Waals surface area contributed by atoms with Gasteiger partial charge in [-0.05, 0) is 37.1 Å². The van der Waals surface area contributed by atoms with Gasteiger partial charge in [-0.25, -0.2) is 0 Å². The van der Waals surface area contributed by atoms with Crippen LogP contribution in [0.15, 0.2) is 12.1 Å². The summed E-state index contributed by atoms with van der Waals surface area (Å²) in [5, 5.41) is 8.99. The lowest BCUT2D eigenvalue weighted by Gasteiger charge is -2.08. The normalized spacial score (nSPS) is 9.47. The highest BCUT2D eigenvalue weighted by Gasteiger charge is 2.14. The number of hydrogen-bond acceptors (Lipinski definition) is 4. The quantitative estimate of drug-likeness (QED) is 0.585. The van der Waals surface area contributed by atoms with Crippen molar-refractivity contribution in [2.45, 2.75) is 20.3 Å². The van der Waals surface area contributed by atoms with Gasteiger partial charge in [0.2, 0.25) is 0 Å². The Balaban J connectivity index is 3.16. The predicted molar refractivity (Wildman–Crippen MR) is 61.6 cm³/mol. The van der Waals surface area contributed by atoms with Crippen molar-refractivity contribution in [2.24, 2.45) is 0 Å². The molecule has 1 aromatic rings. The number of hydrogen-bond donors (Lipinski definition) is 0. The number of benzene rings is 1. The molecule has 0 spiro atoms. The van der Waals surface area contributed by atoms with Crippen LogP contribution in [0.2, 0.25) is 0 Å². The van der Waals surface area contributed by atoms with E-state index in [9.17, 15) is 9.59 Å². The van der Waals surface area contributed by atoms with Gasteiger partial charge in [-0.2, -0.15) is 5.26 Å². The summed E-state index contributed by atoms with van der Waals surface area (Å²) < 4.78 is 4.81. The van der Waals surface area contributed by atoms with E-state index in [-0.39, 0.29) is 13.0 Å². The Hall–Kier alpha value is -2.15. The van der Waals surface area contributed by atoms with Gasteiger partial charge in [-0.1, -0.05) is 0 Å². The van der Waals surface area contributed by atoms with Crippen molar-refractivity contribution in [3.05, 3.63) is 34.4 Å². The standard InChI is InChI=1S/C13H13NO3/c1-3-17-13(16)6-12-10(7-14)4-9(2)5-11(12)8-15/h4-5,8H,3,6H2,1-2H3. The van der Waals surface area contributed by atoms with Crippen LogP contribution in [0.3, 0.4) is 0 Å². The highest BCUT2D eigenvalue weighted by Crippen LogP contribution is 2.17. The Morgan fingerprint density at radius 3 is 2.76 bits per heavy atom. The minimum absolute atomic E-state index is 0.0505. The van der Waals surface area contributed by atoms with Crippen LogP contribution in [0.4, 0.5) is 0 Å². The van der Waals surface area contributed by atoms with E-state index in [1.54, 1.807) is 26.0 Å². The maximum Gasteiger partial charge on any atom is 0.310 e. The van der Waals surface area contributed by atoms with Crippen LogP contribution in [0.1, 0.15) is 34.0 Å². The number of aryl methyl sites for hydroxylation is 1. The molecule has 1 rings (SSSR count). The molecule has 0 aromatic heterocycles. The van der Waals surface area contributed by atoms with Gasteiger partial charge in [0.15, 0.2) is 0 Å². The molecular weight excluding hydrogens is 218 g/mol. The molecule has 0 aliphatic carbocycles. The van der Waals surface area contributed by atoms with Crippen LogP contribution >= 0.6 is 0 Å². The largest absolute Gasteiger partial charge is 0.466 e. The number of nitriles is 1. The third kappa shape index (κ3) is 3.15. The fourth-order valence-electron chi connectivity index (χ4n) is 1.60. The number of nitrogens with zero attached hydrogens (tertiary/aromatic N) is 1. The SMILES string of the molecule is CCOC(=O)Cc1c(C#N)cc(C)cc1C=O. The van der Waals surface area contributed by atoms with E-state index in [0.29, 0.717) is 23.0 Å². The molecule has 0 heterocycles. The summed E-state index contributed by atoms with van der Waals surface area (Å²) in [6.45, 7) is 3.78. The molecule has 0 bridgehead atoms. The fraction of sp³-hybridized carbons (Fsp3) is 0.308. The molecule has 4 heteroatoms. The summed E-state index contributed by atoms with van der Waals surface area (Å²) in [5.74, 6) is -0.434. The molecule has 0 aliphatic rings. The number of carbonyl (C=O) groups is 2. The monoisotopic (exact) mass is 231 g/mol. The van der Waals surface area contributed by atoms with E-state index in [1.807, 2.05) is 6.07 Å². The van der Waals surface area contributed by atoms with Gasteiger partial charge in [0.1, 0.15) is 6.29 Å². The summed E-state index contributed by atoms with van der Waals surface area (Å²) in [4.78, 5) is 22.3. The van der Waals surface area contributed by atoms with Crippen LogP contribution in [-0.4, -0.2) is 18.9 Å². The fourth-order valence-corrected chi connectivity index (χ4v) is 1.60. The highest BCUT2D eigenvalue weighted by atomic mass is 16.5. The molecule has 0 saturated carbocycles. The first-order valence-electron chi connectivity index (χ1n) is 5.26. The zero-order valence-electron chi connectivity index (χ0n) is 9.82. The average molecular weight is 231 g/mol. The average Bonchev–Trinajstić information content (AvgIpc) is 2.31. The minimum Gasteiger partial charge on any atom is -0.466 e. The van der Waals surface area contributed by atoms with Gasteiger partial charge < -0.3 is 4.74 Å². The number of ether oxygens (including phenoxy) is 1. The Morgan fingerprint density at radius 2 is 2.24 bits per heavy atom. The van der Waals surface area contributed by atoms with Gasteiger partial charge in [0.05, 0.1) is 24.7 Å². The van der Waals surface area contributed by atoms with Crippen LogP contribution in [-0.2, 0) is 16.0 Å². The first-order chi connectivity index (χ1) is 8.12. The van der Waals surface area contributed by atoms with Crippen LogP contribution in [0, 0.1) is 18.3 Å². The summed E-state index contributed by atoms with van der Waals surface area (Å²) in [5.41, 5.74) is 1.97. The Kier molecular flexibility index (Phi) is 4.41. The van der Waals surface area contributed by atoms with Crippen molar-refractivity contribution < 1.29 is 14.3 Å². The molecule has 0 amide bonds. The van der Waals surface area contributed by atoms with E-state index in [1.165, 1.54) is 0 Å². The summed E-state index contributed by atoms with van der Waals surface area (Å²) in [7, 11) is 0. The van der Waals surface area contributed by atoms with Gasteiger partial charge >= 0.3 is 5.97 Å². The van der Waals surface area contributed by atoms with Crippen molar-refractivity contribution in [1.29, 1.82) is 5.26 Å². The Morgan fingerprint density at radius 1 is 1.53 bits per heavy atom. The van der Waals surface area contributed by atoms with E-state index in [4.69, 9.17) is 10.00 Å². The maximum absolute atomic E-state index is 11.4. The van der Waals surface area contributed by atoms with E-state index < -0.39 is 5.97 Å². The van der Waals surface area contributed by atoms with Crippen LogP contribution in [0.25, 0.3) is 0 Å². The van der Waals surface area contributed by atoms with Crippen molar-refractivity contribution in [3.8, 4) is 6.07 Å². The zero-order chi connectivity index (χ0) is 12.8. The summed E-state index contributed by atoms with van der Waals surface area (Å²) in [6.07, 6.45) is 0.605. The Labute approximate surface area is 99.8 Å². The van der Waals surface area contributed by atoms with Crippen molar-refractivity contribution in [2.75, 3.05) is 6.61 Å². The number of rotatable bonds is 4. The molecule has 0 saturated heterocycles. The summed E-state index contributed by atoms with van der Waals surface area (Å²) in [6, 6.07) is 5.30. The molecule has 17 heavy (non-hydrogen) atoms. The molecule has 88 valence electrons. The first kappa shape index (κ1) is 12.9. The lowest BCUT2D eigenvalue weighted by Crippen LogP contribution is -2.11. The molecule has 0 aliphatic heterocycles. The van der Waals surface area contributed by atoms with Gasteiger partial charge in [0, 0.05) is 5.56 Å². The second-order valence-corrected chi connectivity index (χ2v) is 3.59. The molecule has 0 unspecified atom stereocenters. The third-order valence-corrected chi connectivity index (χ3v) is 2.30. The van der Waals surface area contributed by atoms with Crippen LogP contribution < -0.4 is 0 Å². The minimum atomic E-state index is -0.434. The van der Waals surface area contributed by atoms with E-state index in [2.05, 4.69) is 0 Å². The number of carbonyl (C=O) groups excluding carboxylic acids is 2. The van der Waals surface area contributed by atoms with E-state index >= 15 is 0 Å². The maximum atomic E-state index is 11.4. The van der Waals surface area contributed by atoms with Crippen molar-refractivity contribution in [3.63, 3.8) is 0 Å². The van der Waals surface area contributed by atoms with E-state index in [0.717, 1.165) is 5.56 Å². The topological polar surface area (TPSA) is 67.2 Å². The number of aldehydes is 1. The molecular formula is C13H13NO3. The molecule has 0 fully saturated rings. The van der Waals surface area contributed by atoms with Crippen LogP contribution in [0.5, 0.6) is 0 Å². The van der Waals surface area contributed by atoms with Gasteiger partial charge in [-0.15, -0.1) is 0 Å². The first-order valence-corrected chi connectivity index (χ1v) is 5.26. The molecule has 0 atom stereocenters. The number of esters is 1. The summed E-state index contributed by atoms with van der Waals surface area (Å²) >= 11 is 0.